The lowest BCUT2D eigenvalue weighted by Gasteiger charge is -2.02. The topological polar surface area (TPSA) is 73.2 Å². The van der Waals surface area contributed by atoms with Crippen molar-refractivity contribution >= 4 is 0 Å². The molecule has 17 heavy (non-hydrogen) atoms. The molecule has 3 rings (SSSR count). The lowest BCUT2D eigenvalue weighted by molar-refractivity contribution is 0.174. The van der Waals surface area contributed by atoms with Crippen LogP contribution in [-0.2, 0) is 6.54 Å². The number of ether oxygens (including phenoxy) is 2. The van der Waals surface area contributed by atoms with Gasteiger partial charge in [-0.2, -0.15) is 5.10 Å². The first-order valence-electron chi connectivity index (χ1n) is 5.43. The molecular formula is C12H13N3O2. The number of nitrogens with one attached hydrogen (secondary N) is 1. The third-order valence-corrected chi connectivity index (χ3v) is 2.92. The maximum absolute atomic E-state index is 5.73. The van der Waals surface area contributed by atoms with Crippen molar-refractivity contribution in [2.45, 2.75) is 13.5 Å². The molecule has 1 aliphatic heterocycles. The summed E-state index contributed by atoms with van der Waals surface area (Å²) in [7, 11) is 0. The van der Waals surface area contributed by atoms with Gasteiger partial charge in [0.05, 0.1) is 5.69 Å². The van der Waals surface area contributed by atoms with Crippen molar-refractivity contribution in [1.29, 1.82) is 0 Å². The van der Waals surface area contributed by atoms with Crippen LogP contribution >= 0.6 is 0 Å². The maximum Gasteiger partial charge on any atom is 0.231 e. The standard InChI is InChI=1S/C12H13N3O2/c1-7-9(5-13)12(15-14-7)8-2-3-10-11(4-8)17-6-16-10/h2-4H,5-6,13H2,1H3,(H,14,15). The molecule has 5 heteroatoms. The average Bonchev–Trinajstić information content (AvgIpc) is 2.93. The SMILES string of the molecule is Cc1[nH]nc(-c2ccc3c(c2)OCO3)c1CN. The zero-order valence-electron chi connectivity index (χ0n) is 9.49. The van der Waals surface area contributed by atoms with Gasteiger partial charge in [-0.15, -0.1) is 0 Å². The minimum Gasteiger partial charge on any atom is -0.454 e. The van der Waals surface area contributed by atoms with Gasteiger partial charge >= 0.3 is 0 Å². The number of fused-ring (bicyclic) bond motifs is 1. The van der Waals surface area contributed by atoms with Crippen LogP contribution in [0, 0.1) is 6.92 Å². The number of aryl methyl sites for hydroxylation is 1. The average molecular weight is 231 g/mol. The molecule has 0 saturated carbocycles. The number of aromatic amines is 1. The fraction of sp³-hybridized carbons (Fsp3) is 0.250. The van der Waals surface area contributed by atoms with E-state index in [-0.39, 0.29) is 6.79 Å². The quantitative estimate of drug-likeness (QED) is 0.822. The molecule has 0 saturated heterocycles. The molecular weight excluding hydrogens is 218 g/mol. The van der Waals surface area contributed by atoms with Gasteiger partial charge in [-0.1, -0.05) is 0 Å². The highest BCUT2D eigenvalue weighted by atomic mass is 16.7. The summed E-state index contributed by atoms with van der Waals surface area (Å²) in [4.78, 5) is 0. The predicted octanol–water partition coefficient (Wildman–Crippen LogP) is 1.57. The Morgan fingerprint density at radius 1 is 1.35 bits per heavy atom. The first-order chi connectivity index (χ1) is 8.29. The molecule has 2 heterocycles. The van der Waals surface area contributed by atoms with Gasteiger partial charge in [0.1, 0.15) is 0 Å². The van der Waals surface area contributed by atoms with Crippen LogP contribution in [0.1, 0.15) is 11.3 Å². The minimum atomic E-state index is 0.280. The van der Waals surface area contributed by atoms with Crippen LogP contribution in [0.4, 0.5) is 0 Å². The lowest BCUT2D eigenvalue weighted by atomic mass is 10.1. The molecule has 3 N–H and O–H groups in total. The lowest BCUT2D eigenvalue weighted by Crippen LogP contribution is -1.98. The Hall–Kier alpha value is -2.01. The highest BCUT2D eigenvalue weighted by Gasteiger charge is 2.17. The molecule has 0 amide bonds. The van der Waals surface area contributed by atoms with E-state index in [1.807, 2.05) is 25.1 Å². The van der Waals surface area contributed by atoms with Crippen LogP contribution in [-0.4, -0.2) is 17.0 Å². The van der Waals surface area contributed by atoms with Crippen LogP contribution in [0.5, 0.6) is 11.5 Å². The number of hydrogen-bond donors (Lipinski definition) is 2. The number of nitrogens with two attached hydrogens (primary N) is 1. The molecule has 0 aliphatic carbocycles. The smallest absolute Gasteiger partial charge is 0.231 e. The Labute approximate surface area is 98.5 Å². The van der Waals surface area contributed by atoms with Gasteiger partial charge in [-0.3, -0.25) is 5.10 Å². The minimum absolute atomic E-state index is 0.280. The normalized spacial score (nSPS) is 13.1. The van der Waals surface area contributed by atoms with Crippen LogP contribution in [0.3, 0.4) is 0 Å². The van der Waals surface area contributed by atoms with E-state index in [0.717, 1.165) is 34.0 Å². The van der Waals surface area contributed by atoms with E-state index in [2.05, 4.69) is 10.2 Å². The van der Waals surface area contributed by atoms with Gasteiger partial charge in [0, 0.05) is 23.4 Å². The number of rotatable bonds is 2. The van der Waals surface area contributed by atoms with Crippen LogP contribution in [0.25, 0.3) is 11.3 Å². The zero-order valence-corrected chi connectivity index (χ0v) is 9.49. The molecule has 1 aromatic heterocycles. The monoisotopic (exact) mass is 231 g/mol. The van der Waals surface area contributed by atoms with Gasteiger partial charge < -0.3 is 15.2 Å². The Balaban J connectivity index is 2.09. The molecule has 2 aromatic rings. The second-order valence-electron chi connectivity index (χ2n) is 3.95. The highest BCUT2D eigenvalue weighted by Crippen LogP contribution is 2.36. The summed E-state index contributed by atoms with van der Waals surface area (Å²) < 4.78 is 10.6. The fourth-order valence-corrected chi connectivity index (χ4v) is 1.98. The molecule has 0 bridgehead atoms. The molecule has 0 unspecified atom stereocenters. The van der Waals surface area contributed by atoms with E-state index >= 15 is 0 Å². The second kappa shape index (κ2) is 3.78. The first-order valence-corrected chi connectivity index (χ1v) is 5.43. The van der Waals surface area contributed by atoms with Gasteiger partial charge in [-0.05, 0) is 25.1 Å². The Bertz CT molecular complexity index is 563. The van der Waals surface area contributed by atoms with Crippen molar-refractivity contribution in [1.82, 2.24) is 10.2 Å². The van der Waals surface area contributed by atoms with Crippen molar-refractivity contribution in [2.24, 2.45) is 5.73 Å². The largest absolute Gasteiger partial charge is 0.454 e. The third-order valence-electron chi connectivity index (χ3n) is 2.92. The highest BCUT2D eigenvalue weighted by molar-refractivity contribution is 5.67. The van der Waals surface area contributed by atoms with Crippen molar-refractivity contribution < 1.29 is 9.47 Å². The number of hydrogen-bond acceptors (Lipinski definition) is 4. The molecule has 0 spiro atoms. The van der Waals surface area contributed by atoms with Crippen LogP contribution in [0.15, 0.2) is 18.2 Å². The summed E-state index contributed by atoms with van der Waals surface area (Å²) in [6.07, 6.45) is 0. The van der Waals surface area contributed by atoms with Gasteiger partial charge in [0.2, 0.25) is 6.79 Å². The second-order valence-corrected chi connectivity index (χ2v) is 3.95. The Morgan fingerprint density at radius 2 is 2.18 bits per heavy atom. The number of aromatic nitrogens is 2. The molecule has 88 valence electrons. The summed E-state index contributed by atoms with van der Waals surface area (Å²) in [5, 5.41) is 7.23. The van der Waals surface area contributed by atoms with E-state index in [1.54, 1.807) is 0 Å². The summed E-state index contributed by atoms with van der Waals surface area (Å²) in [5.74, 6) is 1.53. The fourth-order valence-electron chi connectivity index (χ4n) is 1.98. The summed E-state index contributed by atoms with van der Waals surface area (Å²) >= 11 is 0. The first kappa shape index (κ1) is 10.2. The van der Waals surface area contributed by atoms with Gasteiger partial charge in [-0.25, -0.2) is 0 Å². The van der Waals surface area contributed by atoms with Crippen LogP contribution in [0.2, 0.25) is 0 Å². The van der Waals surface area contributed by atoms with E-state index in [9.17, 15) is 0 Å². The maximum atomic E-state index is 5.73. The molecule has 0 fully saturated rings. The van der Waals surface area contributed by atoms with Crippen molar-refractivity contribution in [3.8, 4) is 22.8 Å². The Kier molecular flexibility index (Phi) is 2.26. The summed E-state index contributed by atoms with van der Waals surface area (Å²) in [6, 6.07) is 5.78. The van der Waals surface area contributed by atoms with E-state index < -0.39 is 0 Å². The predicted molar refractivity (Wildman–Crippen MR) is 62.8 cm³/mol. The molecule has 0 atom stereocenters. The number of nitrogens with zero attached hydrogens (tertiary/aromatic N) is 1. The molecule has 1 aliphatic rings. The van der Waals surface area contributed by atoms with Crippen LogP contribution < -0.4 is 15.2 Å². The number of benzene rings is 1. The van der Waals surface area contributed by atoms with Crippen molar-refractivity contribution in [3.05, 3.63) is 29.5 Å². The molecule has 5 nitrogen and oxygen atoms in total. The molecule has 0 radical (unpaired) electrons. The Morgan fingerprint density at radius 3 is 3.00 bits per heavy atom. The molecule has 1 aromatic carbocycles. The van der Waals surface area contributed by atoms with E-state index in [1.165, 1.54) is 0 Å². The third kappa shape index (κ3) is 1.55. The van der Waals surface area contributed by atoms with E-state index in [4.69, 9.17) is 15.2 Å². The zero-order chi connectivity index (χ0) is 11.8. The summed E-state index contributed by atoms with van der Waals surface area (Å²) in [5.41, 5.74) is 9.62. The number of H-pyrrole nitrogens is 1. The van der Waals surface area contributed by atoms with Crippen molar-refractivity contribution in [2.75, 3.05) is 6.79 Å². The summed E-state index contributed by atoms with van der Waals surface area (Å²) in [6.45, 7) is 2.71. The van der Waals surface area contributed by atoms with E-state index in [0.29, 0.717) is 6.54 Å². The van der Waals surface area contributed by atoms with Gasteiger partial charge in [0.25, 0.3) is 0 Å². The van der Waals surface area contributed by atoms with Crippen molar-refractivity contribution in [3.63, 3.8) is 0 Å². The van der Waals surface area contributed by atoms with Gasteiger partial charge in [0.15, 0.2) is 11.5 Å².